The van der Waals surface area contributed by atoms with Crippen LogP contribution in [0, 0.1) is 5.92 Å². The van der Waals surface area contributed by atoms with Gasteiger partial charge in [-0.1, -0.05) is 140 Å². The van der Waals surface area contributed by atoms with Gasteiger partial charge in [0, 0.05) is 17.8 Å². The van der Waals surface area contributed by atoms with Gasteiger partial charge in [-0.25, -0.2) is 9.59 Å². The highest BCUT2D eigenvalue weighted by molar-refractivity contribution is 5.91. The summed E-state index contributed by atoms with van der Waals surface area (Å²) < 4.78 is 13.0. The smallest absolute Gasteiger partial charge is 0.338 e. The summed E-state index contributed by atoms with van der Waals surface area (Å²) in [6, 6.07) is 45.0. The van der Waals surface area contributed by atoms with Crippen LogP contribution >= 0.6 is 0 Å². The van der Waals surface area contributed by atoms with Crippen LogP contribution in [-0.4, -0.2) is 24.1 Å². The summed E-state index contributed by atoms with van der Waals surface area (Å²) in [6.45, 7) is 2.08. The van der Waals surface area contributed by atoms with Gasteiger partial charge in [0.25, 0.3) is 0 Å². The Hall–Kier alpha value is -5.48. The summed E-state index contributed by atoms with van der Waals surface area (Å²) in [5, 5.41) is 0. The molecule has 0 saturated heterocycles. The first-order valence-electron chi connectivity index (χ1n) is 15.7. The maximum atomic E-state index is 13.8. The minimum Gasteiger partial charge on any atom is -0.454 e. The number of benzene rings is 5. The van der Waals surface area contributed by atoms with Gasteiger partial charge in [0.2, 0.25) is 0 Å². The molecule has 0 aromatic heterocycles. The van der Waals surface area contributed by atoms with Gasteiger partial charge in [-0.05, 0) is 57.7 Å². The Labute approximate surface area is 269 Å². The van der Waals surface area contributed by atoms with E-state index in [0.717, 1.165) is 33.4 Å². The molecule has 4 heteroatoms. The molecule has 7 rings (SSSR count). The van der Waals surface area contributed by atoms with Crippen molar-refractivity contribution < 1.29 is 19.1 Å². The van der Waals surface area contributed by atoms with Crippen molar-refractivity contribution in [2.75, 3.05) is 0 Å². The lowest BCUT2D eigenvalue weighted by molar-refractivity contribution is -0.0599. The average Bonchev–Trinajstić information content (AvgIpc) is 3.60. The summed E-state index contributed by atoms with van der Waals surface area (Å²) in [7, 11) is 0. The quantitative estimate of drug-likeness (QED) is 0.174. The van der Waals surface area contributed by atoms with Crippen LogP contribution in [0.2, 0.25) is 0 Å². The van der Waals surface area contributed by atoms with E-state index in [1.807, 2.05) is 72.8 Å². The normalized spacial score (nSPS) is 21.6. The van der Waals surface area contributed by atoms with Crippen LogP contribution in [0.1, 0.15) is 56.2 Å². The van der Waals surface area contributed by atoms with E-state index in [1.165, 1.54) is 0 Å². The molecule has 5 aromatic carbocycles. The van der Waals surface area contributed by atoms with Crippen LogP contribution in [0.15, 0.2) is 158 Å². The van der Waals surface area contributed by atoms with Crippen LogP contribution < -0.4 is 0 Å². The predicted octanol–water partition coefficient (Wildman–Crippen LogP) is 9.28. The van der Waals surface area contributed by atoms with E-state index < -0.39 is 24.1 Å². The molecule has 2 aliphatic carbocycles. The number of hydrogen-bond donors (Lipinski definition) is 0. The van der Waals surface area contributed by atoms with E-state index in [-0.39, 0.29) is 17.8 Å². The minimum atomic E-state index is -0.770. The molecule has 0 N–H and O–H groups in total. The average molecular weight is 603 g/mol. The first-order chi connectivity index (χ1) is 22.6. The van der Waals surface area contributed by atoms with E-state index in [4.69, 9.17) is 9.47 Å². The Balaban J connectivity index is 1.41. The van der Waals surface area contributed by atoms with Gasteiger partial charge in [-0.2, -0.15) is 0 Å². The predicted molar refractivity (Wildman–Crippen MR) is 181 cm³/mol. The number of carbonyl (C=O) groups excluding carboxylic acids is 2. The lowest BCUT2D eigenvalue weighted by Gasteiger charge is -2.45. The summed E-state index contributed by atoms with van der Waals surface area (Å²) >= 11 is 0. The molecule has 0 heterocycles. The molecule has 0 radical (unpaired) electrons. The lowest BCUT2D eigenvalue weighted by Crippen LogP contribution is -2.48. The topological polar surface area (TPSA) is 52.6 Å². The van der Waals surface area contributed by atoms with Crippen LogP contribution in [0.3, 0.4) is 0 Å². The van der Waals surface area contributed by atoms with Crippen molar-refractivity contribution in [2.24, 2.45) is 5.92 Å². The Bertz CT molecular complexity index is 1900. The largest absolute Gasteiger partial charge is 0.454 e. The molecule has 5 aromatic rings. The molecule has 0 amide bonds. The van der Waals surface area contributed by atoms with E-state index in [2.05, 4.69) is 67.6 Å². The molecule has 5 atom stereocenters. The van der Waals surface area contributed by atoms with Gasteiger partial charge in [0.05, 0.1) is 11.1 Å². The summed E-state index contributed by atoms with van der Waals surface area (Å²) in [6.07, 6.45) is 4.87. The zero-order chi connectivity index (χ0) is 31.5. The molecule has 3 unspecified atom stereocenters. The van der Waals surface area contributed by atoms with Crippen LogP contribution in [-0.2, 0) is 9.47 Å². The second kappa shape index (κ2) is 12.9. The maximum absolute atomic E-state index is 13.8. The van der Waals surface area contributed by atoms with Crippen molar-refractivity contribution in [3.63, 3.8) is 0 Å². The standard InChI is InChI=1S/C42H34O4/c1-28-37-34(30-18-8-3-9-19-30)25-15-27-36(37)38(35-26-14-24-33(35)29-16-6-2-7-17-29)40(46-42(44)32-22-12-5-13-23-32)39(28)45-41(43)31-20-10-4-11-21-31/h2-28,35,38-40H,1H3/t28-,35?,38-,39?,40?/m0/s1. The van der Waals surface area contributed by atoms with Gasteiger partial charge in [0.15, 0.2) is 0 Å². The molecule has 0 saturated carbocycles. The zero-order valence-corrected chi connectivity index (χ0v) is 25.5. The Kier molecular flexibility index (Phi) is 8.18. The highest BCUT2D eigenvalue weighted by Gasteiger charge is 2.50. The SMILES string of the molecule is C[C@H]1c2c(-c3ccccc3)cccc2[C@H](C2C=CC=C2c2ccccc2)C(OC(=O)c2ccccc2)C1OC(=O)c1ccccc1. The van der Waals surface area contributed by atoms with Crippen molar-refractivity contribution in [3.05, 3.63) is 186 Å². The van der Waals surface area contributed by atoms with E-state index in [9.17, 15) is 9.59 Å². The van der Waals surface area contributed by atoms with E-state index in [0.29, 0.717) is 11.1 Å². The fourth-order valence-electron chi connectivity index (χ4n) is 7.05. The van der Waals surface area contributed by atoms with Crippen LogP contribution in [0.25, 0.3) is 16.7 Å². The van der Waals surface area contributed by atoms with Crippen molar-refractivity contribution in [2.45, 2.75) is 31.0 Å². The minimum absolute atomic E-state index is 0.133. The Morgan fingerprint density at radius 2 is 1.09 bits per heavy atom. The maximum Gasteiger partial charge on any atom is 0.338 e. The molecule has 0 spiro atoms. The number of fused-ring (bicyclic) bond motifs is 1. The number of rotatable bonds is 7. The highest BCUT2D eigenvalue weighted by atomic mass is 16.6. The Morgan fingerprint density at radius 3 is 1.67 bits per heavy atom. The molecule has 4 nitrogen and oxygen atoms in total. The van der Waals surface area contributed by atoms with Crippen LogP contribution in [0.4, 0.5) is 0 Å². The second-order valence-electron chi connectivity index (χ2n) is 11.9. The number of carbonyl (C=O) groups is 2. The molecular formula is C42H34O4. The van der Waals surface area contributed by atoms with E-state index in [1.54, 1.807) is 24.3 Å². The first kappa shape index (κ1) is 29.2. The number of ether oxygens (including phenoxy) is 2. The molecule has 0 aliphatic heterocycles. The molecule has 226 valence electrons. The summed E-state index contributed by atoms with van der Waals surface area (Å²) in [5.41, 5.74) is 7.48. The van der Waals surface area contributed by atoms with Gasteiger partial charge in [-0.15, -0.1) is 0 Å². The van der Waals surface area contributed by atoms with Crippen molar-refractivity contribution >= 4 is 17.5 Å². The fourth-order valence-corrected chi connectivity index (χ4v) is 7.05. The van der Waals surface area contributed by atoms with Crippen molar-refractivity contribution in [1.29, 1.82) is 0 Å². The third kappa shape index (κ3) is 5.59. The van der Waals surface area contributed by atoms with Crippen molar-refractivity contribution in [3.8, 4) is 11.1 Å². The second-order valence-corrected chi connectivity index (χ2v) is 11.9. The molecule has 0 bridgehead atoms. The van der Waals surface area contributed by atoms with Gasteiger partial charge < -0.3 is 9.47 Å². The zero-order valence-electron chi connectivity index (χ0n) is 25.5. The Morgan fingerprint density at radius 1 is 0.565 bits per heavy atom. The highest BCUT2D eigenvalue weighted by Crippen LogP contribution is 2.52. The number of hydrogen-bond acceptors (Lipinski definition) is 4. The molecule has 0 fully saturated rings. The van der Waals surface area contributed by atoms with Gasteiger partial charge >= 0.3 is 11.9 Å². The van der Waals surface area contributed by atoms with Gasteiger partial charge in [0.1, 0.15) is 12.2 Å². The monoisotopic (exact) mass is 602 g/mol. The lowest BCUT2D eigenvalue weighted by atomic mass is 9.65. The first-order valence-corrected chi connectivity index (χ1v) is 15.7. The molecule has 46 heavy (non-hydrogen) atoms. The van der Waals surface area contributed by atoms with E-state index >= 15 is 0 Å². The summed E-state index contributed by atoms with van der Waals surface area (Å²) in [5.74, 6) is -1.64. The van der Waals surface area contributed by atoms with Crippen molar-refractivity contribution in [1.82, 2.24) is 0 Å². The third-order valence-electron chi connectivity index (χ3n) is 9.16. The number of esters is 2. The van der Waals surface area contributed by atoms with Crippen LogP contribution in [0.5, 0.6) is 0 Å². The molecule has 2 aliphatic rings. The number of allylic oxidation sites excluding steroid dienone is 4. The summed E-state index contributed by atoms with van der Waals surface area (Å²) in [4.78, 5) is 27.6. The van der Waals surface area contributed by atoms with Gasteiger partial charge in [-0.3, -0.25) is 0 Å². The fraction of sp³-hybridized carbons (Fsp3) is 0.143. The third-order valence-corrected chi connectivity index (χ3v) is 9.16. The molecular weight excluding hydrogens is 568 g/mol.